The highest BCUT2D eigenvalue weighted by Crippen LogP contribution is 2.47. The van der Waals surface area contributed by atoms with Crippen molar-refractivity contribution in [3.05, 3.63) is 35.0 Å². The Kier molecular flexibility index (Phi) is 3.25. The van der Waals surface area contributed by atoms with Gasteiger partial charge in [-0.1, -0.05) is 26.8 Å². The zero-order valence-corrected chi connectivity index (χ0v) is 14.2. The number of rotatable bonds is 1. The van der Waals surface area contributed by atoms with Gasteiger partial charge in [0.1, 0.15) is 5.92 Å². The molecule has 0 spiro atoms. The first-order valence-electron chi connectivity index (χ1n) is 8.04. The molecule has 25 heavy (non-hydrogen) atoms. The van der Waals surface area contributed by atoms with Crippen LogP contribution in [0.2, 0.25) is 0 Å². The van der Waals surface area contributed by atoms with Gasteiger partial charge in [0, 0.05) is 22.6 Å². The van der Waals surface area contributed by atoms with Crippen LogP contribution in [0.1, 0.15) is 43.5 Å². The molecule has 0 saturated carbocycles. The molecule has 2 aliphatic rings. The number of fused-ring (bicyclic) bond motifs is 2. The monoisotopic (exact) mass is 338 g/mol. The summed E-state index contributed by atoms with van der Waals surface area (Å²) >= 11 is 0. The first kappa shape index (κ1) is 15.5. The molecule has 7 heteroatoms. The van der Waals surface area contributed by atoms with Gasteiger partial charge in [0.25, 0.3) is 0 Å². The van der Waals surface area contributed by atoms with Gasteiger partial charge in [-0.2, -0.15) is 5.26 Å². The lowest BCUT2D eigenvalue weighted by Crippen LogP contribution is -2.32. The van der Waals surface area contributed by atoms with Crippen LogP contribution in [0.5, 0.6) is 17.4 Å². The van der Waals surface area contributed by atoms with Crippen LogP contribution in [0.4, 0.5) is 0 Å². The van der Waals surface area contributed by atoms with E-state index < -0.39 is 5.92 Å². The van der Waals surface area contributed by atoms with Crippen molar-refractivity contribution >= 4 is 5.90 Å². The number of nitriles is 1. The SMILES string of the molecule is CC(C)(C)c1[nH]nc2c1C(c1ccc3c(c1)OCO3)C(C#N)C(=N)O2. The average molecular weight is 338 g/mol. The lowest BCUT2D eigenvalue weighted by atomic mass is 9.76. The fourth-order valence-corrected chi connectivity index (χ4v) is 3.36. The maximum atomic E-state index is 9.69. The van der Waals surface area contributed by atoms with Crippen LogP contribution < -0.4 is 14.2 Å². The van der Waals surface area contributed by atoms with Crippen molar-refractivity contribution < 1.29 is 14.2 Å². The fraction of sp³-hybridized carbons (Fsp3) is 0.389. The average Bonchev–Trinajstić information content (AvgIpc) is 3.18. The van der Waals surface area contributed by atoms with Gasteiger partial charge in [0.15, 0.2) is 11.5 Å². The van der Waals surface area contributed by atoms with Crippen LogP contribution in [-0.4, -0.2) is 22.9 Å². The molecule has 0 fully saturated rings. The van der Waals surface area contributed by atoms with Crippen molar-refractivity contribution in [2.24, 2.45) is 5.92 Å². The van der Waals surface area contributed by atoms with Gasteiger partial charge in [0.05, 0.1) is 6.07 Å². The molecule has 2 atom stereocenters. The highest BCUT2D eigenvalue weighted by Gasteiger charge is 2.42. The van der Waals surface area contributed by atoms with Gasteiger partial charge in [-0.3, -0.25) is 10.5 Å². The van der Waals surface area contributed by atoms with Gasteiger partial charge >= 0.3 is 0 Å². The number of nitrogens with one attached hydrogen (secondary N) is 2. The molecule has 4 rings (SSSR count). The van der Waals surface area contributed by atoms with E-state index in [2.05, 4.69) is 37.0 Å². The quantitative estimate of drug-likeness (QED) is 0.831. The van der Waals surface area contributed by atoms with E-state index in [0.29, 0.717) is 17.4 Å². The normalized spacial score (nSPS) is 21.4. The fourth-order valence-electron chi connectivity index (χ4n) is 3.36. The Morgan fingerprint density at radius 2 is 2.04 bits per heavy atom. The zero-order chi connectivity index (χ0) is 17.8. The Hall–Kier alpha value is -3.01. The van der Waals surface area contributed by atoms with Crippen LogP contribution >= 0.6 is 0 Å². The van der Waals surface area contributed by atoms with E-state index in [-0.39, 0.29) is 24.0 Å². The van der Waals surface area contributed by atoms with Crippen molar-refractivity contribution in [1.82, 2.24) is 10.2 Å². The number of nitrogens with zero attached hydrogens (tertiary/aromatic N) is 2. The van der Waals surface area contributed by atoms with E-state index in [1.807, 2.05) is 18.2 Å². The topological polar surface area (TPSA) is 104 Å². The predicted octanol–water partition coefficient (Wildman–Crippen LogP) is 3.08. The lowest BCUT2D eigenvalue weighted by Gasteiger charge is -2.30. The van der Waals surface area contributed by atoms with Crippen LogP contribution in [0.15, 0.2) is 18.2 Å². The third-order valence-corrected chi connectivity index (χ3v) is 4.55. The minimum atomic E-state index is -0.730. The summed E-state index contributed by atoms with van der Waals surface area (Å²) < 4.78 is 16.4. The van der Waals surface area contributed by atoms with Crippen molar-refractivity contribution in [3.8, 4) is 23.4 Å². The van der Waals surface area contributed by atoms with E-state index in [0.717, 1.165) is 16.8 Å². The molecular formula is C18H18N4O3. The predicted molar refractivity (Wildman–Crippen MR) is 89.2 cm³/mol. The molecule has 0 aliphatic carbocycles. The summed E-state index contributed by atoms with van der Waals surface area (Å²) in [6, 6.07) is 7.83. The van der Waals surface area contributed by atoms with E-state index in [1.165, 1.54) is 0 Å². The molecule has 128 valence electrons. The second kappa shape index (κ2) is 5.24. The van der Waals surface area contributed by atoms with Crippen LogP contribution in [0.25, 0.3) is 0 Å². The summed E-state index contributed by atoms with van der Waals surface area (Å²) in [6.07, 6.45) is 0. The number of ether oxygens (including phenoxy) is 3. The Labute approximate surface area is 145 Å². The van der Waals surface area contributed by atoms with Gasteiger partial charge in [-0.25, -0.2) is 0 Å². The molecular weight excluding hydrogens is 320 g/mol. The Morgan fingerprint density at radius 1 is 1.28 bits per heavy atom. The number of benzene rings is 1. The van der Waals surface area contributed by atoms with Gasteiger partial charge in [-0.05, 0) is 17.7 Å². The highest BCUT2D eigenvalue weighted by atomic mass is 16.7. The van der Waals surface area contributed by atoms with Gasteiger partial charge in [-0.15, -0.1) is 5.10 Å². The zero-order valence-electron chi connectivity index (χ0n) is 14.2. The maximum absolute atomic E-state index is 9.69. The van der Waals surface area contributed by atoms with E-state index in [1.54, 1.807) is 0 Å². The number of H-pyrrole nitrogens is 1. The molecule has 2 aromatic rings. The summed E-state index contributed by atoms with van der Waals surface area (Å²) in [6.45, 7) is 6.39. The van der Waals surface area contributed by atoms with Crippen molar-refractivity contribution in [1.29, 1.82) is 10.7 Å². The Morgan fingerprint density at radius 3 is 2.76 bits per heavy atom. The second-order valence-electron chi connectivity index (χ2n) is 7.23. The molecule has 2 unspecified atom stereocenters. The minimum absolute atomic E-state index is 0.0929. The van der Waals surface area contributed by atoms with Crippen molar-refractivity contribution in [2.75, 3.05) is 6.79 Å². The molecule has 0 radical (unpaired) electrons. The molecule has 0 saturated heterocycles. The van der Waals surface area contributed by atoms with Crippen LogP contribution in [0, 0.1) is 22.7 Å². The number of aromatic amines is 1. The first-order chi connectivity index (χ1) is 11.9. The van der Waals surface area contributed by atoms with Crippen molar-refractivity contribution in [2.45, 2.75) is 32.1 Å². The molecule has 2 N–H and O–H groups in total. The van der Waals surface area contributed by atoms with Crippen molar-refractivity contribution in [3.63, 3.8) is 0 Å². The summed E-state index contributed by atoms with van der Waals surface area (Å²) in [5.74, 6) is 0.515. The summed E-state index contributed by atoms with van der Waals surface area (Å²) in [5.41, 5.74) is 2.39. The third kappa shape index (κ3) is 2.33. The van der Waals surface area contributed by atoms with Gasteiger partial charge < -0.3 is 14.2 Å². The third-order valence-electron chi connectivity index (χ3n) is 4.55. The largest absolute Gasteiger partial charge is 0.454 e. The van der Waals surface area contributed by atoms with E-state index in [4.69, 9.17) is 19.6 Å². The molecule has 2 aliphatic heterocycles. The lowest BCUT2D eigenvalue weighted by molar-refractivity contribution is 0.174. The minimum Gasteiger partial charge on any atom is -0.454 e. The molecule has 1 aromatic carbocycles. The molecule has 0 bridgehead atoms. The Balaban J connectivity index is 1.92. The van der Waals surface area contributed by atoms with E-state index >= 15 is 0 Å². The van der Waals surface area contributed by atoms with E-state index in [9.17, 15) is 5.26 Å². The van der Waals surface area contributed by atoms with Gasteiger partial charge in [0.2, 0.25) is 18.6 Å². The number of hydrogen-bond donors (Lipinski definition) is 2. The number of aromatic nitrogens is 2. The molecule has 3 heterocycles. The highest BCUT2D eigenvalue weighted by molar-refractivity contribution is 5.85. The molecule has 7 nitrogen and oxygen atoms in total. The van der Waals surface area contributed by atoms with Crippen LogP contribution in [0.3, 0.4) is 0 Å². The molecule has 0 amide bonds. The smallest absolute Gasteiger partial charge is 0.243 e. The summed E-state index contributed by atoms with van der Waals surface area (Å²) in [4.78, 5) is 0. The number of hydrogen-bond acceptors (Lipinski definition) is 6. The summed E-state index contributed by atoms with van der Waals surface area (Å²) in [5, 5.41) is 25.1. The van der Waals surface area contributed by atoms with Crippen LogP contribution in [-0.2, 0) is 5.41 Å². The standard InChI is InChI=1S/C18H18N4O3/c1-18(2,3)15-14-13(9-4-5-11-12(6-9)24-8-23-11)10(7-19)16(20)25-17(14)22-21-15/h4-6,10,13,20H,8H2,1-3H3,(H,21,22). The Bertz CT molecular complexity index is 904. The molecule has 1 aromatic heterocycles. The summed E-state index contributed by atoms with van der Waals surface area (Å²) in [7, 11) is 0. The first-order valence-corrected chi connectivity index (χ1v) is 8.04. The maximum Gasteiger partial charge on any atom is 0.243 e. The second-order valence-corrected chi connectivity index (χ2v) is 7.23.